The molecule has 0 heterocycles. The van der Waals surface area contributed by atoms with Gasteiger partial charge in [0.1, 0.15) is 40.4 Å². The van der Waals surface area contributed by atoms with Crippen LogP contribution in [0.4, 0.5) is 0 Å². The van der Waals surface area contributed by atoms with Crippen molar-refractivity contribution < 1.29 is 147 Å². The molecular formula is C84H102N6O30. The van der Waals surface area contributed by atoms with Crippen LogP contribution in [0.2, 0.25) is 0 Å². The molecule has 6 atom stereocenters. The van der Waals surface area contributed by atoms with Crippen molar-refractivity contribution in [3.8, 4) is 0 Å². The molecule has 6 aromatic carbocycles. The number of hydrogen-bond donors (Lipinski definition) is 12. The van der Waals surface area contributed by atoms with Crippen molar-refractivity contribution in [3.05, 3.63) is 252 Å². The van der Waals surface area contributed by atoms with Crippen LogP contribution < -0.4 is 0 Å². The first-order valence-corrected chi connectivity index (χ1v) is 35.8. The van der Waals surface area contributed by atoms with Crippen molar-refractivity contribution in [2.45, 2.75) is 36.4 Å². The van der Waals surface area contributed by atoms with Gasteiger partial charge in [0.05, 0.1) is 95.5 Å². The van der Waals surface area contributed by atoms with E-state index < -0.39 is 112 Å². The molecule has 6 aromatic rings. The first-order valence-electron chi connectivity index (χ1n) is 35.8. The van der Waals surface area contributed by atoms with Crippen LogP contribution in [0, 0.1) is 0 Å². The molecule has 0 saturated heterocycles. The Morgan fingerprint density at radius 2 is 0.575 bits per heavy atom. The predicted molar refractivity (Wildman–Crippen MR) is 436 cm³/mol. The Kier molecular flexibility index (Phi) is 54.4. The summed E-state index contributed by atoms with van der Waals surface area (Å²) in [5, 5.41) is 111. The van der Waals surface area contributed by atoms with E-state index in [1.807, 2.05) is 78.9 Å². The van der Waals surface area contributed by atoms with Crippen molar-refractivity contribution in [1.29, 1.82) is 0 Å². The first-order chi connectivity index (χ1) is 57.6. The summed E-state index contributed by atoms with van der Waals surface area (Å²) in [6, 6.07) is 41.6. The summed E-state index contributed by atoms with van der Waals surface area (Å²) >= 11 is 0. The number of hydrogen-bond acceptors (Lipinski definition) is 30. The van der Waals surface area contributed by atoms with Crippen molar-refractivity contribution in [2.75, 3.05) is 119 Å². The van der Waals surface area contributed by atoms with E-state index in [1.54, 1.807) is 103 Å². The van der Waals surface area contributed by atoms with E-state index in [0.717, 1.165) is 64.8 Å². The number of carboxylic acid groups (broad SMARTS) is 6. The van der Waals surface area contributed by atoms with Gasteiger partial charge in [-0.1, -0.05) is 215 Å². The van der Waals surface area contributed by atoms with Crippen LogP contribution in [-0.4, -0.2) is 284 Å². The minimum atomic E-state index is -1.14. The molecule has 0 aliphatic heterocycles. The number of ether oxygens (including phenoxy) is 6. The fraction of sp³-hybridized carbons (Fsp3) is 0.286. The Morgan fingerprint density at radius 3 is 0.892 bits per heavy atom. The largest absolute Gasteiger partial charge is 0.480 e. The number of aliphatic carboxylic acids is 6. The average molecular weight is 1680 g/mol. The van der Waals surface area contributed by atoms with Gasteiger partial charge >= 0.3 is 35.8 Å². The first kappa shape index (κ1) is 105. The van der Waals surface area contributed by atoms with Crippen LogP contribution in [0.5, 0.6) is 0 Å². The maximum absolute atomic E-state index is 10.7. The van der Waals surface area contributed by atoms with Crippen molar-refractivity contribution >= 4 is 111 Å². The normalized spacial score (nSPS) is 11.9. The fourth-order valence-corrected chi connectivity index (χ4v) is 10.9. The molecule has 36 nitrogen and oxygen atoms in total. The quantitative estimate of drug-likeness (QED) is 0.0131. The molecule has 0 spiro atoms. The van der Waals surface area contributed by atoms with Gasteiger partial charge in [-0.25, -0.2) is 14.7 Å². The third kappa shape index (κ3) is 42.7. The molecule has 0 aliphatic carbocycles. The number of carboxylic acids is 6. The summed E-state index contributed by atoms with van der Waals surface area (Å²) in [6.45, 7) is 19.6. The summed E-state index contributed by atoms with van der Waals surface area (Å²) in [5.41, 5.74) is 9.31. The summed E-state index contributed by atoms with van der Waals surface area (Å²) in [6.07, 6.45) is 7.03. The van der Waals surface area contributed by atoms with E-state index in [9.17, 15) is 88.2 Å². The van der Waals surface area contributed by atoms with Gasteiger partial charge < -0.3 is 89.7 Å². The topological polar surface area (TPSA) is 522 Å². The molecule has 0 amide bonds. The minimum absolute atomic E-state index is 0.0635. The smallest absolute Gasteiger partial charge is 0.317 e. The third-order valence-corrected chi connectivity index (χ3v) is 16.5. The SMILES string of the molecule is C=Cc1ccc(C(CO)N(COC=O)COC=O)cc1.C=Cc1ccc(C(O)CN(CC(=O)O)CC(=O)O)cc1.C=Cc1cccc(C(CO)N(COC=O)COC=O)c1.C=Cc1cccc(C(O)CN(CC(=O)O)CC(=O)O)c1.C=Cc1ccccc1C(CO)N(COC=O)COC=O.C=Cc1ccccc1C(O)CN(CC(=O)O)CC(=O)O. The Labute approximate surface area is 692 Å². The van der Waals surface area contributed by atoms with Crippen molar-refractivity contribution in [3.63, 3.8) is 0 Å². The Hall–Kier alpha value is -13.1. The van der Waals surface area contributed by atoms with E-state index in [1.165, 1.54) is 14.7 Å². The van der Waals surface area contributed by atoms with Gasteiger partial charge in [0.25, 0.3) is 38.8 Å². The summed E-state index contributed by atoms with van der Waals surface area (Å²) in [5.74, 6) is -6.84. The number of aliphatic hydroxyl groups excluding tert-OH is 6. The fourth-order valence-electron chi connectivity index (χ4n) is 10.9. The molecule has 0 fully saturated rings. The van der Waals surface area contributed by atoms with Crippen LogP contribution >= 0.6 is 0 Å². The number of nitrogens with zero attached hydrogens (tertiary/aromatic N) is 6. The van der Waals surface area contributed by atoms with Gasteiger partial charge in [-0.3, -0.25) is 72.2 Å². The second-order valence-electron chi connectivity index (χ2n) is 24.8. The van der Waals surface area contributed by atoms with Crippen LogP contribution in [-0.2, 0) is 86.0 Å². The zero-order valence-corrected chi connectivity index (χ0v) is 65.6. The number of carbonyl (C=O) groups is 12. The van der Waals surface area contributed by atoms with E-state index >= 15 is 0 Å². The van der Waals surface area contributed by atoms with Crippen LogP contribution in [0.1, 0.15) is 103 Å². The molecular weight excluding hydrogens is 1570 g/mol. The molecule has 36 heteroatoms. The van der Waals surface area contributed by atoms with Crippen LogP contribution in [0.3, 0.4) is 0 Å². The second kappa shape index (κ2) is 62.2. The van der Waals surface area contributed by atoms with Gasteiger partial charge in [0.2, 0.25) is 0 Å². The average Bonchev–Trinajstić information content (AvgIpc) is 0.841. The van der Waals surface area contributed by atoms with E-state index in [0.29, 0.717) is 55.5 Å². The van der Waals surface area contributed by atoms with Crippen molar-refractivity contribution in [1.82, 2.24) is 29.4 Å². The Balaban J connectivity index is 0.000000720. The lowest BCUT2D eigenvalue weighted by atomic mass is 10.00. The molecule has 0 aliphatic rings. The Bertz CT molecular complexity index is 4080. The zero-order chi connectivity index (χ0) is 89.7. The van der Waals surface area contributed by atoms with Gasteiger partial charge in [-0.05, 0) is 72.8 Å². The third-order valence-electron chi connectivity index (χ3n) is 16.5. The molecule has 0 aromatic heterocycles. The molecule has 120 heavy (non-hydrogen) atoms. The molecule has 12 N–H and O–H groups in total. The molecule has 0 saturated carbocycles. The summed E-state index contributed by atoms with van der Waals surface area (Å²) in [7, 11) is 0. The zero-order valence-electron chi connectivity index (χ0n) is 65.6. The highest BCUT2D eigenvalue weighted by atomic mass is 16.6. The second-order valence-corrected chi connectivity index (χ2v) is 24.8. The number of benzene rings is 6. The van der Waals surface area contributed by atoms with E-state index in [-0.39, 0.29) is 79.8 Å². The minimum Gasteiger partial charge on any atom is -0.480 e. The Morgan fingerprint density at radius 1 is 0.300 bits per heavy atom. The lowest BCUT2D eigenvalue weighted by Crippen LogP contribution is -2.37. The van der Waals surface area contributed by atoms with Gasteiger partial charge in [-0.15, -0.1) is 0 Å². The van der Waals surface area contributed by atoms with Crippen LogP contribution in [0.25, 0.3) is 36.5 Å². The standard InChI is InChI=1S/6C14H17NO5/c1-2-12-3-5-13(6-4-12)14(7-16)15(8-19-10-17)9-20-11-18;1-2-10-3-5-11(6-4-10)12(16)7-15(8-13(17)18)9-14(19)20;1-2-12-4-3-5-13(6-12)14(7-16)15(8-19-10-17)9-20-11-18;1-2-10-4-3-5-11(6-10)12(16)7-15(8-13(17)18)9-14(19)20;1-2-12-5-3-4-6-13(12)14(7-16)15(8-19-10-17)9-20-11-18;1-2-10-5-3-4-6-11(10)12(16)7-15(8-13(17)18)9-14(19)20/h2-6,10-11,14,16H,1,7-9H2;2-6,12,16H,1,7-9H2,(H,17,18)(H,19,20);2-6,10-11,14,16H,1,7-9H2;2-6,12,16H,1,7-9H2,(H,17,18)(H,19,20);2-6,10-11,14,16H,1,7-9H2;2-6,12,16H,1,7-9H2,(H,17,18)(H,19,20). The molecule has 0 bridgehead atoms. The molecule has 6 unspecified atom stereocenters. The summed E-state index contributed by atoms with van der Waals surface area (Å²) in [4.78, 5) is 134. The maximum atomic E-state index is 10.7. The van der Waals surface area contributed by atoms with E-state index in [2.05, 4.69) is 67.9 Å². The number of carbonyl (C=O) groups excluding carboxylic acids is 6. The van der Waals surface area contributed by atoms with Crippen LogP contribution in [0.15, 0.2) is 185 Å². The lowest BCUT2D eigenvalue weighted by molar-refractivity contribution is -0.147. The predicted octanol–water partition coefficient (Wildman–Crippen LogP) is 5.28. The highest BCUT2D eigenvalue weighted by Crippen LogP contribution is 2.27. The van der Waals surface area contributed by atoms with Gasteiger partial charge in [0, 0.05) is 19.6 Å². The van der Waals surface area contributed by atoms with E-state index in [4.69, 9.17) is 30.6 Å². The molecule has 6 rings (SSSR count). The monoisotopic (exact) mass is 1670 g/mol. The van der Waals surface area contributed by atoms with Gasteiger partial charge in [0.15, 0.2) is 0 Å². The lowest BCUT2D eigenvalue weighted by Gasteiger charge is -2.29. The maximum Gasteiger partial charge on any atom is 0.317 e. The van der Waals surface area contributed by atoms with Gasteiger partial charge in [-0.2, -0.15) is 0 Å². The summed E-state index contributed by atoms with van der Waals surface area (Å²) < 4.78 is 28.0. The highest BCUT2D eigenvalue weighted by Gasteiger charge is 2.27. The molecule has 648 valence electrons. The number of rotatable bonds is 54. The highest BCUT2D eigenvalue weighted by molar-refractivity contribution is 5.74. The molecule has 0 radical (unpaired) electrons. The number of aliphatic hydroxyl groups is 6. The van der Waals surface area contributed by atoms with Crippen molar-refractivity contribution in [2.24, 2.45) is 0 Å².